The standard InChI is InChI=1S/C17H17Br2NO/c1-11-14(19)4-2-5-15(11)20-16-6-3-9-21-17-10-12(18)7-8-13(16)17/h2,4-5,7-8,10,16,20H,3,6,9H2,1H3. The van der Waals surface area contributed by atoms with Gasteiger partial charge in [0.1, 0.15) is 5.75 Å². The maximum absolute atomic E-state index is 5.87. The Morgan fingerprint density at radius 1 is 1.19 bits per heavy atom. The topological polar surface area (TPSA) is 21.3 Å². The van der Waals surface area contributed by atoms with Crippen molar-refractivity contribution in [3.8, 4) is 5.75 Å². The summed E-state index contributed by atoms with van der Waals surface area (Å²) in [5, 5.41) is 3.68. The largest absolute Gasteiger partial charge is 0.493 e. The molecule has 0 amide bonds. The molecule has 0 aromatic heterocycles. The minimum atomic E-state index is 0.281. The van der Waals surface area contributed by atoms with Crippen LogP contribution in [0.25, 0.3) is 0 Å². The molecule has 0 saturated heterocycles. The lowest BCUT2D eigenvalue weighted by Gasteiger charge is -2.21. The van der Waals surface area contributed by atoms with E-state index < -0.39 is 0 Å². The minimum absolute atomic E-state index is 0.281. The van der Waals surface area contributed by atoms with Crippen LogP contribution in [0.15, 0.2) is 45.3 Å². The van der Waals surface area contributed by atoms with Crippen LogP contribution in [-0.2, 0) is 0 Å². The van der Waals surface area contributed by atoms with Crippen LogP contribution in [0.2, 0.25) is 0 Å². The number of rotatable bonds is 2. The lowest BCUT2D eigenvalue weighted by atomic mass is 10.0. The molecule has 0 spiro atoms. The Bertz CT molecular complexity index is 657. The van der Waals surface area contributed by atoms with Gasteiger partial charge in [-0.1, -0.05) is 44.0 Å². The first-order valence-corrected chi connectivity index (χ1v) is 8.67. The second-order valence-corrected chi connectivity index (χ2v) is 7.05. The van der Waals surface area contributed by atoms with E-state index >= 15 is 0 Å². The van der Waals surface area contributed by atoms with E-state index in [1.165, 1.54) is 16.8 Å². The maximum atomic E-state index is 5.87. The highest BCUT2D eigenvalue weighted by Crippen LogP contribution is 2.36. The minimum Gasteiger partial charge on any atom is -0.493 e. The summed E-state index contributed by atoms with van der Waals surface area (Å²) in [5.74, 6) is 0.979. The highest BCUT2D eigenvalue weighted by molar-refractivity contribution is 9.10. The molecule has 1 N–H and O–H groups in total. The van der Waals surface area contributed by atoms with E-state index in [1.54, 1.807) is 0 Å². The van der Waals surface area contributed by atoms with Crippen molar-refractivity contribution in [3.63, 3.8) is 0 Å². The predicted octanol–water partition coefficient (Wildman–Crippen LogP) is 5.85. The number of hydrogen-bond acceptors (Lipinski definition) is 2. The van der Waals surface area contributed by atoms with Gasteiger partial charge in [-0.05, 0) is 49.6 Å². The SMILES string of the molecule is Cc1c(Br)cccc1NC1CCCOc2cc(Br)ccc21. The Hall–Kier alpha value is -1.000. The van der Waals surface area contributed by atoms with Crippen LogP contribution in [0.4, 0.5) is 5.69 Å². The molecule has 0 saturated carbocycles. The molecule has 0 bridgehead atoms. The monoisotopic (exact) mass is 409 g/mol. The van der Waals surface area contributed by atoms with Crippen LogP contribution in [0.5, 0.6) is 5.75 Å². The van der Waals surface area contributed by atoms with Gasteiger partial charge in [-0.25, -0.2) is 0 Å². The molecular formula is C17H17Br2NO. The normalized spacial score (nSPS) is 17.6. The summed E-state index contributed by atoms with van der Waals surface area (Å²) in [6.45, 7) is 2.90. The molecule has 1 heterocycles. The fourth-order valence-electron chi connectivity index (χ4n) is 2.65. The lowest BCUT2D eigenvalue weighted by Crippen LogP contribution is -2.11. The molecule has 2 nitrogen and oxygen atoms in total. The second-order valence-electron chi connectivity index (χ2n) is 5.28. The molecule has 2 aromatic rings. The van der Waals surface area contributed by atoms with Gasteiger partial charge >= 0.3 is 0 Å². The third-order valence-corrected chi connectivity index (χ3v) is 5.20. The molecule has 3 rings (SSSR count). The van der Waals surface area contributed by atoms with Gasteiger partial charge in [0.05, 0.1) is 12.6 Å². The number of anilines is 1. The van der Waals surface area contributed by atoms with Crippen LogP contribution < -0.4 is 10.1 Å². The fraction of sp³-hybridized carbons (Fsp3) is 0.294. The van der Waals surface area contributed by atoms with Gasteiger partial charge in [0, 0.05) is 20.2 Å². The summed E-state index contributed by atoms with van der Waals surface area (Å²) >= 11 is 7.11. The zero-order valence-electron chi connectivity index (χ0n) is 11.8. The quantitative estimate of drug-likeness (QED) is 0.670. The fourth-order valence-corrected chi connectivity index (χ4v) is 3.35. The number of fused-ring (bicyclic) bond motifs is 1. The smallest absolute Gasteiger partial charge is 0.125 e. The summed E-state index contributed by atoms with van der Waals surface area (Å²) < 4.78 is 8.06. The molecule has 1 aliphatic rings. The summed E-state index contributed by atoms with van der Waals surface area (Å²) in [6, 6.07) is 12.8. The average Bonchev–Trinajstić information content (AvgIpc) is 2.66. The van der Waals surface area contributed by atoms with Gasteiger partial charge in [0.25, 0.3) is 0 Å². The van der Waals surface area contributed by atoms with Crippen LogP contribution >= 0.6 is 31.9 Å². The third kappa shape index (κ3) is 3.27. The van der Waals surface area contributed by atoms with Crippen molar-refractivity contribution in [2.24, 2.45) is 0 Å². The van der Waals surface area contributed by atoms with Gasteiger partial charge in [-0.3, -0.25) is 0 Å². The van der Waals surface area contributed by atoms with Gasteiger partial charge in [-0.15, -0.1) is 0 Å². The number of nitrogens with one attached hydrogen (secondary N) is 1. The Morgan fingerprint density at radius 2 is 2.05 bits per heavy atom. The highest BCUT2D eigenvalue weighted by atomic mass is 79.9. The van der Waals surface area contributed by atoms with Crippen molar-refractivity contribution in [1.82, 2.24) is 0 Å². The molecule has 0 aliphatic carbocycles. The Morgan fingerprint density at radius 3 is 2.90 bits per heavy atom. The second kappa shape index (κ2) is 6.41. The predicted molar refractivity (Wildman–Crippen MR) is 94.1 cm³/mol. The van der Waals surface area contributed by atoms with Crippen molar-refractivity contribution < 1.29 is 4.74 Å². The molecule has 0 radical (unpaired) electrons. The van der Waals surface area contributed by atoms with Crippen molar-refractivity contribution in [2.45, 2.75) is 25.8 Å². The zero-order chi connectivity index (χ0) is 14.8. The molecule has 1 unspecified atom stereocenters. The highest BCUT2D eigenvalue weighted by Gasteiger charge is 2.20. The van der Waals surface area contributed by atoms with E-state index in [0.29, 0.717) is 0 Å². The van der Waals surface area contributed by atoms with E-state index in [2.05, 4.69) is 80.5 Å². The van der Waals surface area contributed by atoms with E-state index in [1.807, 2.05) is 0 Å². The molecule has 21 heavy (non-hydrogen) atoms. The first-order chi connectivity index (χ1) is 10.1. The zero-order valence-corrected chi connectivity index (χ0v) is 15.0. The van der Waals surface area contributed by atoms with Gasteiger partial charge in [0.15, 0.2) is 0 Å². The molecule has 1 aliphatic heterocycles. The van der Waals surface area contributed by atoms with Gasteiger partial charge in [0.2, 0.25) is 0 Å². The molecular weight excluding hydrogens is 394 g/mol. The first kappa shape index (κ1) is 14.9. The van der Waals surface area contributed by atoms with Crippen LogP contribution in [0.3, 0.4) is 0 Å². The molecule has 0 fully saturated rings. The van der Waals surface area contributed by atoms with Gasteiger partial charge < -0.3 is 10.1 Å². The van der Waals surface area contributed by atoms with Crippen molar-refractivity contribution >= 4 is 37.5 Å². The van der Waals surface area contributed by atoms with E-state index in [0.717, 1.165) is 34.1 Å². The van der Waals surface area contributed by atoms with Crippen LogP contribution in [0.1, 0.15) is 30.0 Å². The first-order valence-electron chi connectivity index (χ1n) is 7.09. The van der Waals surface area contributed by atoms with E-state index in [4.69, 9.17) is 4.74 Å². The van der Waals surface area contributed by atoms with Crippen molar-refractivity contribution in [1.29, 1.82) is 0 Å². The average molecular weight is 411 g/mol. The summed E-state index contributed by atoms with van der Waals surface area (Å²) in [7, 11) is 0. The third-order valence-electron chi connectivity index (χ3n) is 3.84. The Kier molecular flexibility index (Phi) is 4.55. The van der Waals surface area contributed by atoms with E-state index in [9.17, 15) is 0 Å². The Balaban J connectivity index is 1.94. The number of hydrogen-bond donors (Lipinski definition) is 1. The molecule has 110 valence electrons. The van der Waals surface area contributed by atoms with Crippen LogP contribution in [-0.4, -0.2) is 6.61 Å². The molecule has 2 aromatic carbocycles. The van der Waals surface area contributed by atoms with Crippen LogP contribution in [0, 0.1) is 6.92 Å². The summed E-state index contributed by atoms with van der Waals surface area (Å²) in [5.41, 5.74) is 3.64. The summed E-state index contributed by atoms with van der Waals surface area (Å²) in [6.07, 6.45) is 2.12. The van der Waals surface area contributed by atoms with E-state index in [-0.39, 0.29) is 6.04 Å². The Labute approximate surface area is 142 Å². The molecule has 4 heteroatoms. The number of benzene rings is 2. The molecule has 1 atom stereocenters. The lowest BCUT2D eigenvalue weighted by molar-refractivity contribution is 0.316. The van der Waals surface area contributed by atoms with Gasteiger partial charge in [-0.2, -0.15) is 0 Å². The summed E-state index contributed by atoms with van der Waals surface area (Å²) in [4.78, 5) is 0. The van der Waals surface area contributed by atoms with Crippen molar-refractivity contribution in [2.75, 3.05) is 11.9 Å². The maximum Gasteiger partial charge on any atom is 0.125 e. The van der Waals surface area contributed by atoms with Crippen molar-refractivity contribution in [3.05, 3.63) is 56.5 Å². The number of ether oxygens (including phenoxy) is 1. The number of halogens is 2.